The third kappa shape index (κ3) is 3.85. The summed E-state index contributed by atoms with van der Waals surface area (Å²) >= 11 is 0. The zero-order chi connectivity index (χ0) is 16.1. The molecule has 2 aromatic carbocycles. The monoisotopic (exact) mass is 299 g/mol. The van der Waals surface area contributed by atoms with Gasteiger partial charge in [-0.1, -0.05) is 56.3 Å². The minimum Gasteiger partial charge on any atom is -0.467 e. The highest BCUT2D eigenvalue weighted by Gasteiger charge is 2.23. The molecule has 0 unspecified atom stereocenters. The first-order chi connectivity index (χ1) is 10.5. The summed E-state index contributed by atoms with van der Waals surface area (Å²) in [6.45, 7) is 3.58. The zero-order valence-electron chi connectivity index (χ0n) is 13.1. The number of nitrogens with one attached hydrogen (secondary N) is 1. The van der Waals surface area contributed by atoms with E-state index < -0.39 is 12.0 Å². The fourth-order valence-corrected chi connectivity index (χ4v) is 2.28. The van der Waals surface area contributed by atoms with E-state index in [9.17, 15) is 9.59 Å². The third-order valence-electron chi connectivity index (χ3n) is 3.58. The molecule has 1 N–H and O–H groups in total. The van der Waals surface area contributed by atoms with Crippen LogP contribution < -0.4 is 5.32 Å². The molecule has 0 fully saturated rings. The topological polar surface area (TPSA) is 55.4 Å². The minimum atomic E-state index is -0.666. The van der Waals surface area contributed by atoms with Crippen molar-refractivity contribution < 1.29 is 14.3 Å². The largest absolute Gasteiger partial charge is 0.467 e. The van der Waals surface area contributed by atoms with E-state index in [-0.39, 0.29) is 11.8 Å². The van der Waals surface area contributed by atoms with E-state index in [0.29, 0.717) is 6.42 Å². The molecule has 1 amide bonds. The summed E-state index contributed by atoms with van der Waals surface area (Å²) in [6.07, 6.45) is 0.413. The first-order valence-electron chi connectivity index (χ1n) is 7.37. The predicted octanol–water partition coefficient (Wildman–Crippen LogP) is 2.70. The molecular weight excluding hydrogens is 278 g/mol. The lowest BCUT2D eigenvalue weighted by Gasteiger charge is -2.18. The number of carbonyl (C=O) groups excluding carboxylic acids is 2. The second-order valence-electron chi connectivity index (χ2n) is 5.62. The Balaban J connectivity index is 2.20. The van der Waals surface area contributed by atoms with Crippen LogP contribution >= 0.6 is 0 Å². The van der Waals surface area contributed by atoms with E-state index in [4.69, 9.17) is 4.74 Å². The number of fused-ring (bicyclic) bond motifs is 1. The lowest BCUT2D eigenvalue weighted by molar-refractivity contribution is -0.145. The maximum atomic E-state index is 11.9. The number of esters is 1. The van der Waals surface area contributed by atoms with Gasteiger partial charge in [-0.3, -0.25) is 4.79 Å². The lowest BCUT2D eigenvalue weighted by Crippen LogP contribution is -2.44. The van der Waals surface area contributed by atoms with Gasteiger partial charge in [0.05, 0.1) is 7.11 Å². The molecule has 0 aliphatic heterocycles. The normalized spacial score (nSPS) is 12.2. The average molecular weight is 299 g/mol. The maximum Gasteiger partial charge on any atom is 0.328 e. The Kier molecular flexibility index (Phi) is 5.15. The Morgan fingerprint density at radius 1 is 1.09 bits per heavy atom. The molecule has 2 aromatic rings. The third-order valence-corrected chi connectivity index (χ3v) is 3.58. The first kappa shape index (κ1) is 16.0. The van der Waals surface area contributed by atoms with Gasteiger partial charge in [0, 0.05) is 12.3 Å². The van der Waals surface area contributed by atoms with Crippen LogP contribution in [0.25, 0.3) is 10.8 Å². The summed E-state index contributed by atoms with van der Waals surface area (Å²) < 4.78 is 4.80. The van der Waals surface area contributed by atoms with Crippen molar-refractivity contribution in [2.24, 2.45) is 5.92 Å². The lowest BCUT2D eigenvalue weighted by atomic mass is 10.0. The smallest absolute Gasteiger partial charge is 0.328 e. The number of hydrogen-bond acceptors (Lipinski definition) is 3. The second-order valence-corrected chi connectivity index (χ2v) is 5.62. The van der Waals surface area contributed by atoms with E-state index in [0.717, 1.165) is 16.3 Å². The molecule has 0 saturated heterocycles. The van der Waals surface area contributed by atoms with E-state index >= 15 is 0 Å². The molecule has 4 heteroatoms. The fraction of sp³-hybridized carbons (Fsp3) is 0.333. The number of methoxy groups -OCH3 is 1. The van der Waals surface area contributed by atoms with Gasteiger partial charge in [-0.2, -0.15) is 0 Å². The van der Waals surface area contributed by atoms with Crippen LogP contribution in [0, 0.1) is 5.92 Å². The van der Waals surface area contributed by atoms with Gasteiger partial charge in [-0.05, 0) is 16.3 Å². The number of ether oxygens (including phenoxy) is 1. The van der Waals surface area contributed by atoms with Crippen LogP contribution in [-0.2, 0) is 20.7 Å². The van der Waals surface area contributed by atoms with Gasteiger partial charge < -0.3 is 10.1 Å². The fourth-order valence-electron chi connectivity index (χ4n) is 2.28. The van der Waals surface area contributed by atoms with Crippen molar-refractivity contribution in [1.82, 2.24) is 5.32 Å². The average Bonchev–Trinajstić information content (AvgIpc) is 2.53. The number of amides is 1. The van der Waals surface area contributed by atoms with Crippen LogP contribution in [0.1, 0.15) is 19.4 Å². The Hall–Kier alpha value is -2.36. The van der Waals surface area contributed by atoms with Gasteiger partial charge >= 0.3 is 5.97 Å². The Bertz CT molecular complexity index is 679. The van der Waals surface area contributed by atoms with Crippen LogP contribution in [-0.4, -0.2) is 25.0 Å². The molecule has 22 heavy (non-hydrogen) atoms. The molecule has 0 bridgehead atoms. The zero-order valence-corrected chi connectivity index (χ0v) is 13.1. The first-order valence-corrected chi connectivity index (χ1v) is 7.37. The summed E-state index contributed by atoms with van der Waals surface area (Å²) in [6, 6.07) is 13.4. The highest BCUT2D eigenvalue weighted by molar-refractivity contribution is 5.86. The Morgan fingerprint density at radius 3 is 2.41 bits per heavy atom. The molecule has 0 aliphatic carbocycles. The van der Waals surface area contributed by atoms with E-state index in [2.05, 4.69) is 5.32 Å². The van der Waals surface area contributed by atoms with E-state index in [1.165, 1.54) is 7.11 Å². The molecule has 116 valence electrons. The number of hydrogen-bond donors (Lipinski definition) is 1. The second kappa shape index (κ2) is 7.07. The quantitative estimate of drug-likeness (QED) is 0.864. The highest BCUT2D eigenvalue weighted by Crippen LogP contribution is 2.17. The molecule has 0 saturated carbocycles. The van der Waals surface area contributed by atoms with Gasteiger partial charge in [0.15, 0.2) is 0 Å². The molecular formula is C18H21NO3. The van der Waals surface area contributed by atoms with Gasteiger partial charge in [0.1, 0.15) is 6.04 Å². The van der Waals surface area contributed by atoms with Crippen molar-refractivity contribution in [2.45, 2.75) is 26.3 Å². The summed E-state index contributed by atoms with van der Waals surface area (Å²) in [4.78, 5) is 23.8. The molecule has 0 heterocycles. The van der Waals surface area contributed by atoms with Crippen LogP contribution in [0.5, 0.6) is 0 Å². The van der Waals surface area contributed by atoms with Gasteiger partial charge in [0.2, 0.25) is 5.91 Å². The summed E-state index contributed by atoms with van der Waals surface area (Å²) in [5, 5.41) is 5.01. The van der Waals surface area contributed by atoms with Gasteiger partial charge in [0.25, 0.3) is 0 Å². The van der Waals surface area contributed by atoms with Crippen LogP contribution in [0.2, 0.25) is 0 Å². The maximum absolute atomic E-state index is 11.9. The van der Waals surface area contributed by atoms with E-state index in [1.807, 2.05) is 42.5 Å². The van der Waals surface area contributed by atoms with Gasteiger partial charge in [-0.25, -0.2) is 4.79 Å². The van der Waals surface area contributed by atoms with Crippen molar-refractivity contribution >= 4 is 22.6 Å². The summed E-state index contributed by atoms with van der Waals surface area (Å²) in [7, 11) is 1.33. The molecule has 0 radical (unpaired) electrons. The molecule has 0 aromatic heterocycles. The minimum absolute atomic E-state index is 0.156. The van der Waals surface area contributed by atoms with Crippen molar-refractivity contribution in [2.75, 3.05) is 7.11 Å². The summed E-state index contributed by atoms with van der Waals surface area (Å²) in [5.41, 5.74) is 0.984. The van der Waals surface area contributed by atoms with Crippen molar-refractivity contribution in [3.05, 3.63) is 48.0 Å². The Labute approximate surface area is 130 Å². The van der Waals surface area contributed by atoms with Crippen LogP contribution in [0.15, 0.2) is 42.5 Å². The van der Waals surface area contributed by atoms with Crippen LogP contribution in [0.4, 0.5) is 0 Å². The number of benzene rings is 2. The van der Waals surface area contributed by atoms with Crippen LogP contribution in [0.3, 0.4) is 0 Å². The van der Waals surface area contributed by atoms with Crippen molar-refractivity contribution in [1.29, 1.82) is 0 Å². The molecule has 0 aliphatic rings. The molecule has 0 spiro atoms. The van der Waals surface area contributed by atoms with Crippen molar-refractivity contribution in [3.63, 3.8) is 0 Å². The standard InChI is InChI=1S/C18H21NO3/c1-12(2)17(20)19-16(18(21)22-3)11-13-8-9-14-6-4-5-7-15(14)10-13/h4-10,12,16H,11H2,1-3H3,(H,19,20)/t16-/m0/s1. The number of carbonyl (C=O) groups is 2. The SMILES string of the molecule is COC(=O)[C@H](Cc1ccc2ccccc2c1)NC(=O)C(C)C. The van der Waals surface area contributed by atoms with E-state index in [1.54, 1.807) is 13.8 Å². The summed E-state index contributed by atoms with van der Waals surface area (Å²) in [5.74, 6) is -0.762. The number of rotatable bonds is 5. The molecule has 4 nitrogen and oxygen atoms in total. The Morgan fingerprint density at radius 2 is 1.77 bits per heavy atom. The molecule has 1 atom stereocenters. The predicted molar refractivity (Wildman–Crippen MR) is 86.4 cm³/mol. The van der Waals surface area contributed by atoms with Crippen molar-refractivity contribution in [3.8, 4) is 0 Å². The highest BCUT2D eigenvalue weighted by atomic mass is 16.5. The van der Waals surface area contributed by atoms with Gasteiger partial charge in [-0.15, -0.1) is 0 Å². The molecule has 2 rings (SSSR count).